The molecule has 0 aromatic heterocycles. The van der Waals surface area contributed by atoms with Gasteiger partial charge in [-0.05, 0) is 69.2 Å². The summed E-state index contributed by atoms with van der Waals surface area (Å²) in [6.45, 7) is 0.793. The molecule has 0 saturated carbocycles. The van der Waals surface area contributed by atoms with E-state index in [1.807, 2.05) is 31.3 Å². The van der Waals surface area contributed by atoms with Gasteiger partial charge in [0.25, 0.3) is 5.91 Å². The second kappa shape index (κ2) is 9.22. The van der Waals surface area contributed by atoms with Crippen molar-refractivity contribution < 1.29 is 9.18 Å². The molecule has 0 aliphatic heterocycles. The van der Waals surface area contributed by atoms with E-state index in [0.717, 1.165) is 17.0 Å². The molecule has 0 heterocycles. The van der Waals surface area contributed by atoms with E-state index in [1.165, 1.54) is 12.1 Å². The molecule has 0 aliphatic carbocycles. The second-order valence-corrected chi connectivity index (χ2v) is 7.30. The van der Waals surface area contributed by atoms with Crippen LogP contribution in [0.5, 0.6) is 0 Å². The third-order valence-electron chi connectivity index (χ3n) is 3.86. The lowest BCUT2D eigenvalue weighted by Crippen LogP contribution is -2.31. The zero-order valence-corrected chi connectivity index (χ0v) is 16.1. The van der Waals surface area contributed by atoms with Gasteiger partial charge in [0.1, 0.15) is 5.82 Å². The van der Waals surface area contributed by atoms with Crippen LogP contribution in [0.2, 0.25) is 5.02 Å². The fraction of sp³-hybridized carbons (Fsp3) is 0.316. The molecule has 0 bridgehead atoms. The predicted molar refractivity (Wildman–Crippen MR) is 103 cm³/mol. The summed E-state index contributed by atoms with van der Waals surface area (Å²) < 4.78 is 13.2. The van der Waals surface area contributed by atoms with Gasteiger partial charge in [-0.3, -0.25) is 4.79 Å². The van der Waals surface area contributed by atoms with Crippen LogP contribution in [0.1, 0.15) is 28.4 Å². The van der Waals surface area contributed by atoms with Crippen molar-refractivity contribution >= 4 is 29.3 Å². The predicted octanol–water partition coefficient (Wildman–Crippen LogP) is 4.62. The Bertz CT molecular complexity index is 722. The number of hydrogen-bond donors (Lipinski definition) is 1. The Labute approximate surface area is 157 Å². The molecule has 0 aliphatic rings. The molecule has 134 valence electrons. The molecule has 0 spiro atoms. The van der Waals surface area contributed by atoms with Crippen molar-refractivity contribution in [3.8, 4) is 0 Å². The van der Waals surface area contributed by atoms with Crippen LogP contribution in [0.4, 0.5) is 4.39 Å². The molecule has 1 unspecified atom stereocenters. The Morgan fingerprint density at radius 2 is 1.92 bits per heavy atom. The number of hydrogen-bond acceptors (Lipinski definition) is 3. The van der Waals surface area contributed by atoms with Gasteiger partial charge < -0.3 is 10.2 Å². The lowest BCUT2D eigenvalue weighted by atomic mass is 10.0. The summed E-state index contributed by atoms with van der Waals surface area (Å²) in [7, 11) is 3.95. The maximum atomic E-state index is 13.2. The van der Waals surface area contributed by atoms with Crippen LogP contribution in [0, 0.1) is 5.82 Å². The first-order valence-electron chi connectivity index (χ1n) is 7.95. The standard InChI is InChI=1S/C19H22ClFN2OS/c1-23(2)11-10-18(13-4-6-14(21)7-5-13)22-19(24)16-12-15(25-3)8-9-17(16)20/h4-9,12,18H,10-11H2,1-3H3,(H,22,24). The molecular weight excluding hydrogens is 359 g/mol. The fourth-order valence-corrected chi connectivity index (χ4v) is 3.09. The maximum absolute atomic E-state index is 13.2. The van der Waals surface area contributed by atoms with Gasteiger partial charge in [0.2, 0.25) is 0 Å². The molecule has 1 N–H and O–H groups in total. The fourth-order valence-electron chi connectivity index (χ4n) is 2.45. The summed E-state index contributed by atoms with van der Waals surface area (Å²) in [6.07, 6.45) is 2.66. The van der Waals surface area contributed by atoms with E-state index < -0.39 is 0 Å². The monoisotopic (exact) mass is 380 g/mol. The molecule has 3 nitrogen and oxygen atoms in total. The molecule has 0 saturated heterocycles. The van der Waals surface area contributed by atoms with Crippen LogP contribution < -0.4 is 5.32 Å². The first-order chi connectivity index (χ1) is 11.9. The average molecular weight is 381 g/mol. The summed E-state index contributed by atoms with van der Waals surface area (Å²) in [5.74, 6) is -0.522. The lowest BCUT2D eigenvalue weighted by Gasteiger charge is -2.22. The van der Waals surface area contributed by atoms with Crippen molar-refractivity contribution in [2.45, 2.75) is 17.4 Å². The molecule has 2 aromatic carbocycles. The Morgan fingerprint density at radius 3 is 2.52 bits per heavy atom. The van der Waals surface area contributed by atoms with Gasteiger partial charge in [-0.2, -0.15) is 0 Å². The minimum absolute atomic E-state index is 0.218. The average Bonchev–Trinajstić information content (AvgIpc) is 2.59. The highest BCUT2D eigenvalue weighted by atomic mass is 35.5. The van der Waals surface area contributed by atoms with Gasteiger partial charge in [-0.15, -0.1) is 11.8 Å². The number of amides is 1. The van der Waals surface area contributed by atoms with E-state index in [4.69, 9.17) is 11.6 Å². The smallest absolute Gasteiger partial charge is 0.253 e. The van der Waals surface area contributed by atoms with Gasteiger partial charge >= 0.3 is 0 Å². The van der Waals surface area contributed by atoms with E-state index in [2.05, 4.69) is 5.32 Å². The molecule has 0 fully saturated rings. The highest BCUT2D eigenvalue weighted by molar-refractivity contribution is 7.98. The second-order valence-electron chi connectivity index (χ2n) is 6.02. The summed E-state index contributed by atoms with van der Waals surface area (Å²) in [5, 5.41) is 3.45. The number of thioether (sulfide) groups is 1. The SMILES string of the molecule is CSc1ccc(Cl)c(C(=O)NC(CCN(C)C)c2ccc(F)cc2)c1. The third kappa shape index (κ3) is 5.73. The van der Waals surface area contributed by atoms with E-state index in [0.29, 0.717) is 17.0 Å². The molecule has 2 aromatic rings. The normalized spacial score (nSPS) is 12.2. The van der Waals surface area contributed by atoms with E-state index in [-0.39, 0.29) is 17.8 Å². The van der Waals surface area contributed by atoms with E-state index in [9.17, 15) is 9.18 Å². The number of benzene rings is 2. The number of halogens is 2. The lowest BCUT2D eigenvalue weighted by molar-refractivity contribution is 0.0932. The van der Waals surface area contributed by atoms with Crippen molar-refractivity contribution in [2.24, 2.45) is 0 Å². The van der Waals surface area contributed by atoms with Crippen LogP contribution in [-0.4, -0.2) is 37.7 Å². The first kappa shape index (κ1) is 19.8. The topological polar surface area (TPSA) is 32.3 Å². The molecule has 25 heavy (non-hydrogen) atoms. The van der Waals surface area contributed by atoms with Gasteiger partial charge in [-0.25, -0.2) is 4.39 Å². The van der Waals surface area contributed by atoms with Gasteiger partial charge in [-0.1, -0.05) is 23.7 Å². The Morgan fingerprint density at radius 1 is 1.24 bits per heavy atom. The highest BCUT2D eigenvalue weighted by Gasteiger charge is 2.18. The number of nitrogens with zero attached hydrogens (tertiary/aromatic N) is 1. The summed E-state index contributed by atoms with van der Waals surface area (Å²) in [4.78, 5) is 15.8. The Balaban J connectivity index is 2.23. The van der Waals surface area contributed by atoms with Crippen LogP contribution in [0.25, 0.3) is 0 Å². The third-order valence-corrected chi connectivity index (χ3v) is 4.92. The zero-order valence-electron chi connectivity index (χ0n) is 14.6. The summed E-state index contributed by atoms with van der Waals surface area (Å²) in [5.41, 5.74) is 1.32. The van der Waals surface area contributed by atoms with Crippen molar-refractivity contribution in [2.75, 3.05) is 26.9 Å². The zero-order chi connectivity index (χ0) is 18.4. The first-order valence-corrected chi connectivity index (χ1v) is 9.55. The number of carbonyl (C=O) groups excluding carboxylic acids is 1. The molecule has 0 radical (unpaired) electrons. The number of nitrogens with one attached hydrogen (secondary N) is 1. The summed E-state index contributed by atoms with van der Waals surface area (Å²) >= 11 is 7.75. The molecular formula is C19H22ClFN2OS. The number of carbonyl (C=O) groups is 1. The quantitative estimate of drug-likeness (QED) is 0.711. The molecule has 2 rings (SSSR count). The molecule has 1 amide bonds. The van der Waals surface area contributed by atoms with Gasteiger partial charge in [0.15, 0.2) is 0 Å². The molecule has 6 heteroatoms. The van der Waals surface area contributed by atoms with Crippen LogP contribution in [0.15, 0.2) is 47.4 Å². The van der Waals surface area contributed by atoms with Gasteiger partial charge in [0.05, 0.1) is 16.6 Å². The highest BCUT2D eigenvalue weighted by Crippen LogP contribution is 2.25. The maximum Gasteiger partial charge on any atom is 0.253 e. The largest absolute Gasteiger partial charge is 0.345 e. The van der Waals surface area contributed by atoms with Crippen molar-refractivity contribution in [3.05, 3.63) is 64.4 Å². The van der Waals surface area contributed by atoms with E-state index >= 15 is 0 Å². The molecule has 1 atom stereocenters. The minimum atomic E-state index is -0.294. The summed E-state index contributed by atoms with van der Waals surface area (Å²) in [6, 6.07) is 11.4. The van der Waals surface area contributed by atoms with Crippen LogP contribution in [0.3, 0.4) is 0 Å². The van der Waals surface area contributed by atoms with Crippen molar-refractivity contribution in [3.63, 3.8) is 0 Å². The van der Waals surface area contributed by atoms with Gasteiger partial charge in [0, 0.05) is 4.90 Å². The van der Waals surface area contributed by atoms with Crippen molar-refractivity contribution in [1.29, 1.82) is 0 Å². The van der Waals surface area contributed by atoms with E-state index in [1.54, 1.807) is 36.0 Å². The Hall–Kier alpha value is -1.56. The van der Waals surface area contributed by atoms with Crippen LogP contribution in [-0.2, 0) is 0 Å². The van der Waals surface area contributed by atoms with Crippen LogP contribution >= 0.6 is 23.4 Å². The van der Waals surface area contributed by atoms with Crippen molar-refractivity contribution in [1.82, 2.24) is 10.2 Å². The number of rotatable bonds is 7. The minimum Gasteiger partial charge on any atom is -0.345 e. The Kier molecular flexibility index (Phi) is 7.29.